The second-order valence-corrected chi connectivity index (χ2v) is 8.30. The molecular weight excluding hydrogens is 339 g/mol. The van der Waals surface area contributed by atoms with Gasteiger partial charge in [-0.15, -0.1) is 0 Å². The van der Waals surface area contributed by atoms with Gasteiger partial charge in [0.15, 0.2) is 0 Å². The van der Waals surface area contributed by atoms with Gasteiger partial charge in [-0.05, 0) is 18.6 Å². The van der Waals surface area contributed by atoms with E-state index in [2.05, 4.69) is 9.35 Å². The first-order valence-corrected chi connectivity index (χ1v) is 9.74. The number of carbonyl (C=O) groups excluding carboxylic acids is 1. The number of hydrogen-bond donors (Lipinski definition) is 0. The van der Waals surface area contributed by atoms with Gasteiger partial charge in [0.1, 0.15) is 5.82 Å². The van der Waals surface area contributed by atoms with Gasteiger partial charge in [-0.3, -0.25) is 9.78 Å². The van der Waals surface area contributed by atoms with Crippen molar-refractivity contribution in [3.05, 3.63) is 78.4 Å². The maximum absolute atomic E-state index is 13.9. The normalized spacial score (nSPS) is 18.6. The zero-order chi connectivity index (χ0) is 17.9. The summed E-state index contributed by atoms with van der Waals surface area (Å²) in [7, 11) is -2.73. The number of allylic oxidation sites excluding steroid dienone is 3. The summed E-state index contributed by atoms with van der Waals surface area (Å²) in [6.07, 6.45) is 12.3. The molecule has 0 bridgehead atoms. The average molecular weight is 356 g/mol. The Labute approximate surface area is 146 Å². The van der Waals surface area contributed by atoms with E-state index in [0.29, 0.717) is 17.5 Å². The topological polar surface area (TPSA) is 59.4 Å². The molecule has 1 aromatic heterocycles. The predicted octanol–water partition coefficient (Wildman–Crippen LogP) is 4.01. The summed E-state index contributed by atoms with van der Waals surface area (Å²) in [5.41, 5.74) is 1.01. The van der Waals surface area contributed by atoms with Gasteiger partial charge >= 0.3 is 0 Å². The molecule has 0 spiro atoms. The Hall–Kier alpha value is -2.60. The number of carbonyl (C=O) groups is 1. The molecule has 2 aromatic rings. The minimum absolute atomic E-state index is 0.186. The molecule has 6 heteroatoms. The average Bonchev–Trinajstić information content (AvgIpc) is 2.62. The summed E-state index contributed by atoms with van der Waals surface area (Å²) in [5.74, 6) is -1.01. The van der Waals surface area contributed by atoms with E-state index in [1.54, 1.807) is 30.4 Å². The smallest absolute Gasteiger partial charge is 0.266 e. The molecule has 1 amide bonds. The summed E-state index contributed by atoms with van der Waals surface area (Å²) in [6, 6.07) is 7.77. The SMILES string of the molecule is CS(=O)(=NC(=O)c1cncc(-c2ccccc2F)c1)C1C=CC=CC1. The van der Waals surface area contributed by atoms with Crippen LogP contribution >= 0.6 is 0 Å². The highest BCUT2D eigenvalue weighted by Crippen LogP contribution is 2.23. The Kier molecular flexibility index (Phi) is 4.90. The van der Waals surface area contributed by atoms with Crippen LogP contribution in [0.4, 0.5) is 4.39 Å². The fraction of sp³-hybridized carbons (Fsp3) is 0.158. The van der Waals surface area contributed by atoms with Crippen molar-refractivity contribution >= 4 is 15.6 Å². The van der Waals surface area contributed by atoms with Crippen molar-refractivity contribution < 1.29 is 13.4 Å². The zero-order valence-electron chi connectivity index (χ0n) is 13.6. The van der Waals surface area contributed by atoms with E-state index >= 15 is 0 Å². The van der Waals surface area contributed by atoms with Gasteiger partial charge in [-0.25, -0.2) is 8.60 Å². The number of hydrogen-bond acceptors (Lipinski definition) is 3. The number of pyridine rings is 1. The second-order valence-electron chi connectivity index (χ2n) is 5.79. The minimum atomic E-state index is -2.73. The Balaban J connectivity index is 1.93. The summed E-state index contributed by atoms with van der Waals surface area (Å²) in [5, 5.41) is -0.302. The second kappa shape index (κ2) is 7.11. The Morgan fingerprint density at radius 2 is 2.08 bits per heavy atom. The number of rotatable bonds is 3. The predicted molar refractivity (Wildman–Crippen MR) is 97.1 cm³/mol. The van der Waals surface area contributed by atoms with Gasteiger partial charge < -0.3 is 0 Å². The minimum Gasteiger partial charge on any atom is -0.266 e. The van der Waals surface area contributed by atoms with Crippen LogP contribution in [0.25, 0.3) is 11.1 Å². The van der Waals surface area contributed by atoms with Crippen molar-refractivity contribution in [2.45, 2.75) is 11.7 Å². The molecule has 0 radical (unpaired) electrons. The van der Waals surface area contributed by atoms with Crippen molar-refractivity contribution in [2.24, 2.45) is 4.36 Å². The lowest BCUT2D eigenvalue weighted by Crippen LogP contribution is -2.19. The lowest BCUT2D eigenvalue weighted by Gasteiger charge is -2.14. The number of amides is 1. The molecule has 1 heterocycles. The third kappa shape index (κ3) is 3.91. The zero-order valence-corrected chi connectivity index (χ0v) is 14.4. The summed E-state index contributed by atoms with van der Waals surface area (Å²) in [4.78, 5) is 16.5. The molecule has 1 aliphatic carbocycles. The maximum atomic E-state index is 13.9. The molecule has 2 atom stereocenters. The largest absolute Gasteiger partial charge is 0.286 e. The van der Waals surface area contributed by atoms with Gasteiger partial charge in [0.2, 0.25) is 0 Å². The molecule has 128 valence electrons. The lowest BCUT2D eigenvalue weighted by atomic mass is 10.1. The fourth-order valence-electron chi connectivity index (χ4n) is 2.57. The van der Waals surface area contributed by atoms with Crippen LogP contribution in [0.2, 0.25) is 0 Å². The fourth-order valence-corrected chi connectivity index (χ4v) is 3.99. The number of halogens is 1. The van der Waals surface area contributed by atoms with Gasteiger partial charge in [0, 0.05) is 29.8 Å². The van der Waals surface area contributed by atoms with Crippen molar-refractivity contribution in [3.8, 4) is 11.1 Å². The van der Waals surface area contributed by atoms with Gasteiger partial charge in [0.05, 0.1) is 20.5 Å². The molecule has 4 nitrogen and oxygen atoms in total. The first-order chi connectivity index (χ1) is 12.0. The molecule has 0 saturated carbocycles. The standard InChI is InChI=1S/C19H17FN2O2S/c1-25(24,16-7-3-2-4-8-16)22-19(23)15-11-14(12-21-13-15)17-9-5-6-10-18(17)20/h2-7,9-13,16H,8H2,1H3. The molecule has 3 rings (SSSR count). The quantitative estimate of drug-likeness (QED) is 0.835. The molecule has 0 aliphatic heterocycles. The first-order valence-electron chi connectivity index (χ1n) is 7.76. The van der Waals surface area contributed by atoms with Crippen molar-refractivity contribution in [1.29, 1.82) is 0 Å². The van der Waals surface area contributed by atoms with Crippen LogP contribution < -0.4 is 0 Å². The van der Waals surface area contributed by atoms with Gasteiger partial charge in [-0.1, -0.05) is 42.5 Å². The Morgan fingerprint density at radius 1 is 1.28 bits per heavy atom. The summed E-state index contributed by atoms with van der Waals surface area (Å²) >= 11 is 0. The summed E-state index contributed by atoms with van der Waals surface area (Å²) in [6.45, 7) is 0. The molecule has 1 aliphatic rings. The van der Waals surface area contributed by atoms with Crippen LogP contribution in [0.3, 0.4) is 0 Å². The van der Waals surface area contributed by atoms with Crippen molar-refractivity contribution in [2.75, 3.05) is 6.26 Å². The van der Waals surface area contributed by atoms with Gasteiger partial charge in [-0.2, -0.15) is 4.36 Å². The van der Waals surface area contributed by atoms with E-state index in [4.69, 9.17) is 0 Å². The van der Waals surface area contributed by atoms with E-state index in [-0.39, 0.29) is 10.8 Å². The molecule has 0 saturated heterocycles. The van der Waals surface area contributed by atoms with Crippen LogP contribution in [0.1, 0.15) is 16.8 Å². The van der Waals surface area contributed by atoms with E-state index in [0.717, 1.165) is 0 Å². The third-order valence-electron chi connectivity index (χ3n) is 3.94. The highest BCUT2D eigenvalue weighted by Gasteiger charge is 2.19. The molecule has 0 N–H and O–H groups in total. The van der Waals surface area contributed by atoms with Crippen LogP contribution in [0, 0.1) is 5.82 Å². The van der Waals surface area contributed by atoms with Crippen LogP contribution in [0.5, 0.6) is 0 Å². The first kappa shape index (κ1) is 17.2. The number of aromatic nitrogens is 1. The third-order valence-corrected chi connectivity index (χ3v) is 5.94. The molecule has 0 fully saturated rings. The molecule has 25 heavy (non-hydrogen) atoms. The van der Waals surface area contributed by atoms with Crippen LogP contribution in [-0.4, -0.2) is 26.6 Å². The van der Waals surface area contributed by atoms with E-state index in [1.807, 2.05) is 12.2 Å². The molecule has 1 aromatic carbocycles. The van der Waals surface area contributed by atoms with Crippen molar-refractivity contribution in [3.63, 3.8) is 0 Å². The monoisotopic (exact) mass is 356 g/mol. The highest BCUT2D eigenvalue weighted by molar-refractivity contribution is 7.94. The van der Waals surface area contributed by atoms with E-state index in [9.17, 15) is 13.4 Å². The lowest BCUT2D eigenvalue weighted by molar-refractivity contribution is 0.100. The number of nitrogens with zero attached hydrogens (tertiary/aromatic N) is 2. The Bertz CT molecular complexity index is 988. The number of benzene rings is 1. The van der Waals surface area contributed by atoms with Gasteiger partial charge in [0.25, 0.3) is 5.91 Å². The summed E-state index contributed by atoms with van der Waals surface area (Å²) < 4.78 is 30.6. The highest BCUT2D eigenvalue weighted by atomic mass is 32.2. The maximum Gasteiger partial charge on any atom is 0.286 e. The molecular formula is C19H17FN2O2S. The van der Waals surface area contributed by atoms with E-state index < -0.39 is 21.5 Å². The Morgan fingerprint density at radius 3 is 2.80 bits per heavy atom. The van der Waals surface area contributed by atoms with Crippen LogP contribution in [-0.2, 0) is 9.73 Å². The molecule has 2 unspecified atom stereocenters. The van der Waals surface area contributed by atoms with E-state index in [1.165, 1.54) is 30.8 Å². The van der Waals surface area contributed by atoms with Crippen molar-refractivity contribution in [1.82, 2.24) is 4.98 Å². The van der Waals surface area contributed by atoms with Crippen LogP contribution in [0.15, 0.2) is 71.4 Å².